The van der Waals surface area contributed by atoms with Crippen molar-refractivity contribution < 1.29 is 8.78 Å². The second-order valence-corrected chi connectivity index (χ2v) is 5.32. The molecule has 0 saturated carbocycles. The van der Waals surface area contributed by atoms with E-state index in [9.17, 15) is 18.4 Å². The second kappa shape index (κ2) is 6.13. The molecule has 2 aromatic rings. The van der Waals surface area contributed by atoms with Gasteiger partial charge in [0.2, 0.25) is 0 Å². The predicted octanol–water partition coefficient (Wildman–Crippen LogP) is 2.57. The molecule has 1 unspecified atom stereocenters. The zero-order chi connectivity index (χ0) is 16.4. The van der Waals surface area contributed by atoms with Gasteiger partial charge < -0.3 is 5.32 Å². The third kappa shape index (κ3) is 3.24. The Morgan fingerprint density at radius 2 is 1.82 bits per heavy atom. The van der Waals surface area contributed by atoms with Gasteiger partial charge in [-0.3, -0.25) is 14.3 Å². The van der Waals surface area contributed by atoms with Gasteiger partial charge in [0.15, 0.2) is 0 Å². The van der Waals surface area contributed by atoms with Crippen LogP contribution in [0.25, 0.3) is 0 Å². The summed E-state index contributed by atoms with van der Waals surface area (Å²) in [5.74, 6) is -0.976. The van der Waals surface area contributed by atoms with Crippen LogP contribution in [0.15, 0.2) is 33.9 Å². The number of benzene rings is 1. The van der Waals surface area contributed by atoms with Gasteiger partial charge in [-0.2, -0.15) is 0 Å². The van der Waals surface area contributed by atoms with E-state index in [1.54, 1.807) is 20.8 Å². The van der Waals surface area contributed by atoms with Crippen LogP contribution in [0.3, 0.4) is 0 Å². The van der Waals surface area contributed by atoms with Crippen molar-refractivity contribution in [1.82, 2.24) is 9.55 Å². The molecule has 0 aliphatic carbocycles. The number of anilines is 1. The molecule has 0 spiro atoms. The predicted molar refractivity (Wildman–Crippen MR) is 80.1 cm³/mol. The second-order valence-electron chi connectivity index (χ2n) is 5.32. The fraction of sp³-hybridized carbons (Fsp3) is 0.333. The van der Waals surface area contributed by atoms with Crippen molar-refractivity contribution in [3.63, 3.8) is 0 Å². The number of aromatic amines is 1. The quantitative estimate of drug-likeness (QED) is 0.912. The monoisotopic (exact) mass is 309 g/mol. The van der Waals surface area contributed by atoms with E-state index in [1.807, 2.05) is 0 Å². The van der Waals surface area contributed by atoms with E-state index >= 15 is 0 Å². The maximum absolute atomic E-state index is 13.7. The molecule has 0 fully saturated rings. The number of hydrogen-bond donors (Lipinski definition) is 2. The number of nitrogens with zero attached hydrogens (tertiary/aromatic N) is 1. The molecule has 0 aliphatic heterocycles. The summed E-state index contributed by atoms with van der Waals surface area (Å²) in [7, 11) is 0. The summed E-state index contributed by atoms with van der Waals surface area (Å²) in [5.41, 5.74) is -0.918. The Bertz CT molecular complexity index is 765. The normalized spacial score (nSPS) is 12.5. The van der Waals surface area contributed by atoms with Gasteiger partial charge >= 0.3 is 5.69 Å². The number of rotatable bonds is 4. The van der Waals surface area contributed by atoms with E-state index in [4.69, 9.17) is 0 Å². The first-order valence-corrected chi connectivity index (χ1v) is 6.87. The first-order valence-electron chi connectivity index (χ1n) is 6.87. The van der Waals surface area contributed by atoms with Gasteiger partial charge in [-0.15, -0.1) is 0 Å². The molecule has 1 atom stereocenters. The standard InChI is InChI=1S/C15H17F2N3O2/c1-8(2)20-14(21)7-13(19-15(20)22)18-9(3)11-6-10(16)4-5-12(11)17/h4-9,18H,1-3H3,(H,19,22). The molecular formula is C15H17F2N3O2. The van der Waals surface area contributed by atoms with Gasteiger partial charge in [0.1, 0.15) is 17.5 Å². The van der Waals surface area contributed by atoms with Gasteiger partial charge in [0.05, 0.1) is 6.04 Å². The van der Waals surface area contributed by atoms with Crippen LogP contribution in [-0.4, -0.2) is 9.55 Å². The van der Waals surface area contributed by atoms with Gasteiger partial charge in [-0.25, -0.2) is 13.6 Å². The topological polar surface area (TPSA) is 66.9 Å². The lowest BCUT2D eigenvalue weighted by Crippen LogP contribution is -2.36. The fourth-order valence-corrected chi connectivity index (χ4v) is 2.23. The number of H-pyrrole nitrogens is 1. The molecule has 0 bridgehead atoms. The lowest BCUT2D eigenvalue weighted by molar-refractivity contribution is 0.545. The molecular weight excluding hydrogens is 292 g/mol. The summed E-state index contributed by atoms with van der Waals surface area (Å²) in [4.78, 5) is 26.3. The fourth-order valence-electron chi connectivity index (χ4n) is 2.23. The lowest BCUT2D eigenvalue weighted by Gasteiger charge is -2.17. The minimum Gasteiger partial charge on any atom is -0.365 e. The highest BCUT2D eigenvalue weighted by Crippen LogP contribution is 2.20. The van der Waals surface area contributed by atoms with Crippen molar-refractivity contribution >= 4 is 5.82 Å². The zero-order valence-corrected chi connectivity index (χ0v) is 12.5. The summed E-state index contributed by atoms with van der Waals surface area (Å²) in [6, 6.07) is 3.44. The van der Waals surface area contributed by atoms with Crippen LogP contribution in [0.1, 0.15) is 38.4 Å². The highest BCUT2D eigenvalue weighted by Gasteiger charge is 2.14. The largest absolute Gasteiger partial charge is 0.365 e. The van der Waals surface area contributed by atoms with Gasteiger partial charge in [0, 0.05) is 17.7 Å². The van der Waals surface area contributed by atoms with Crippen LogP contribution in [0.2, 0.25) is 0 Å². The lowest BCUT2D eigenvalue weighted by atomic mass is 10.1. The Morgan fingerprint density at radius 3 is 2.41 bits per heavy atom. The average Bonchev–Trinajstić information content (AvgIpc) is 2.40. The molecule has 22 heavy (non-hydrogen) atoms. The Balaban J connectivity index is 2.33. The first-order chi connectivity index (χ1) is 10.3. The molecule has 1 heterocycles. The van der Waals surface area contributed by atoms with Gasteiger partial charge in [0.25, 0.3) is 5.56 Å². The minimum atomic E-state index is -0.624. The molecule has 1 aromatic heterocycles. The Hall–Kier alpha value is -2.44. The van der Waals surface area contributed by atoms with Gasteiger partial charge in [-0.1, -0.05) is 0 Å². The molecule has 1 aromatic carbocycles. The third-order valence-electron chi connectivity index (χ3n) is 3.28. The smallest absolute Gasteiger partial charge is 0.330 e. The zero-order valence-electron chi connectivity index (χ0n) is 12.5. The van der Waals surface area contributed by atoms with E-state index in [2.05, 4.69) is 10.3 Å². The highest BCUT2D eigenvalue weighted by molar-refractivity contribution is 5.37. The van der Waals surface area contributed by atoms with Crippen molar-refractivity contribution in [3.8, 4) is 0 Å². The number of hydrogen-bond acceptors (Lipinski definition) is 3. The van der Waals surface area contributed by atoms with E-state index in [1.165, 1.54) is 6.07 Å². The highest BCUT2D eigenvalue weighted by atomic mass is 19.1. The summed E-state index contributed by atoms with van der Waals surface area (Å²) < 4.78 is 28.0. The van der Waals surface area contributed by atoms with Crippen molar-refractivity contribution in [3.05, 3.63) is 62.3 Å². The molecule has 2 rings (SSSR count). The van der Waals surface area contributed by atoms with Crippen LogP contribution >= 0.6 is 0 Å². The van der Waals surface area contributed by atoms with Crippen LogP contribution in [0, 0.1) is 11.6 Å². The number of nitrogens with one attached hydrogen (secondary N) is 2. The maximum Gasteiger partial charge on any atom is 0.330 e. The molecule has 118 valence electrons. The van der Waals surface area contributed by atoms with E-state index in [-0.39, 0.29) is 17.4 Å². The van der Waals surface area contributed by atoms with Crippen LogP contribution in [-0.2, 0) is 0 Å². The Morgan fingerprint density at radius 1 is 1.14 bits per heavy atom. The van der Waals surface area contributed by atoms with E-state index in [0.717, 1.165) is 22.8 Å². The van der Waals surface area contributed by atoms with Crippen LogP contribution < -0.4 is 16.6 Å². The molecule has 5 nitrogen and oxygen atoms in total. The number of halogens is 2. The van der Waals surface area contributed by atoms with Crippen LogP contribution in [0.4, 0.5) is 14.6 Å². The molecule has 0 amide bonds. The Labute approximate surface area is 125 Å². The summed E-state index contributed by atoms with van der Waals surface area (Å²) in [6.07, 6.45) is 0. The van der Waals surface area contributed by atoms with Crippen molar-refractivity contribution in [2.75, 3.05) is 5.32 Å². The SMILES string of the molecule is CC(Nc1cc(=O)n(C(C)C)c(=O)[nH]1)c1cc(F)ccc1F. The summed E-state index contributed by atoms with van der Waals surface area (Å²) in [6.45, 7) is 5.03. The van der Waals surface area contributed by atoms with Crippen molar-refractivity contribution in [1.29, 1.82) is 0 Å². The Kier molecular flexibility index (Phi) is 4.44. The molecule has 0 radical (unpaired) electrons. The maximum atomic E-state index is 13.7. The molecule has 2 N–H and O–H groups in total. The van der Waals surface area contributed by atoms with Crippen molar-refractivity contribution in [2.45, 2.75) is 32.9 Å². The van der Waals surface area contributed by atoms with Crippen molar-refractivity contribution in [2.24, 2.45) is 0 Å². The third-order valence-corrected chi connectivity index (χ3v) is 3.28. The summed E-state index contributed by atoms with van der Waals surface area (Å²) >= 11 is 0. The minimum absolute atomic E-state index is 0.105. The van der Waals surface area contributed by atoms with Crippen LogP contribution in [0.5, 0.6) is 0 Å². The number of aromatic nitrogens is 2. The molecule has 0 saturated heterocycles. The summed E-state index contributed by atoms with van der Waals surface area (Å²) in [5, 5.41) is 2.80. The van der Waals surface area contributed by atoms with E-state index < -0.39 is 28.9 Å². The van der Waals surface area contributed by atoms with E-state index in [0.29, 0.717) is 0 Å². The van der Waals surface area contributed by atoms with Gasteiger partial charge in [-0.05, 0) is 39.0 Å². The molecule has 0 aliphatic rings. The molecule has 7 heteroatoms. The first kappa shape index (κ1) is 15.9. The average molecular weight is 309 g/mol.